The number of rotatable bonds is 8. The molecule has 1 heterocycles. The largest absolute Gasteiger partial charge is 0.419 e. The first-order valence-corrected chi connectivity index (χ1v) is 8.66. The van der Waals surface area contributed by atoms with Crippen molar-refractivity contribution in [2.75, 3.05) is 24.2 Å². The maximum atomic E-state index is 12.8. The molecule has 0 aliphatic carbocycles. The number of hydrogen-bond acceptors (Lipinski definition) is 6. The Morgan fingerprint density at radius 1 is 1.19 bits per heavy atom. The normalized spacial score (nSPS) is 11.1. The molecule has 7 nitrogen and oxygen atoms in total. The van der Waals surface area contributed by atoms with Gasteiger partial charge in [0, 0.05) is 36.3 Å². The Morgan fingerprint density at radius 2 is 1.89 bits per heavy atom. The number of nitro groups is 1. The van der Waals surface area contributed by atoms with E-state index >= 15 is 0 Å². The fourth-order valence-corrected chi connectivity index (χ4v) is 2.75. The molecule has 2 N–H and O–H groups in total. The molecule has 2 rings (SSSR count). The van der Waals surface area contributed by atoms with Crippen LogP contribution in [0.5, 0.6) is 0 Å². The van der Waals surface area contributed by atoms with Gasteiger partial charge in [-0.05, 0) is 24.3 Å². The highest BCUT2D eigenvalue weighted by molar-refractivity contribution is 8.00. The minimum atomic E-state index is -4.51. The SMILES string of the molecule is O=C(CSc1ccc([N+](=O)[O-])cc1)NCCNc1ncccc1C(F)(F)F. The van der Waals surface area contributed by atoms with Crippen LogP contribution < -0.4 is 10.6 Å². The van der Waals surface area contributed by atoms with Gasteiger partial charge in [0.1, 0.15) is 5.82 Å². The summed E-state index contributed by atoms with van der Waals surface area (Å²) in [7, 11) is 0. The highest BCUT2D eigenvalue weighted by atomic mass is 32.2. The molecule has 0 aliphatic heterocycles. The molecule has 27 heavy (non-hydrogen) atoms. The molecular weight excluding hydrogens is 385 g/mol. The molecule has 0 unspecified atom stereocenters. The number of nitrogens with one attached hydrogen (secondary N) is 2. The van der Waals surface area contributed by atoms with Crippen LogP contribution in [-0.2, 0) is 11.0 Å². The molecule has 0 saturated heterocycles. The first kappa shape index (κ1) is 20.5. The number of benzene rings is 1. The van der Waals surface area contributed by atoms with Crippen molar-refractivity contribution in [3.05, 3.63) is 58.3 Å². The zero-order chi connectivity index (χ0) is 19.9. The van der Waals surface area contributed by atoms with Crippen LogP contribution >= 0.6 is 11.8 Å². The first-order valence-electron chi connectivity index (χ1n) is 7.67. The highest BCUT2D eigenvalue weighted by Crippen LogP contribution is 2.33. The third kappa shape index (κ3) is 6.44. The van der Waals surface area contributed by atoms with Crippen molar-refractivity contribution in [2.24, 2.45) is 0 Å². The predicted octanol–water partition coefficient (Wildman–Crippen LogP) is 3.33. The van der Waals surface area contributed by atoms with E-state index in [1.165, 1.54) is 48.3 Å². The quantitative estimate of drug-likeness (QED) is 0.305. The van der Waals surface area contributed by atoms with Crippen molar-refractivity contribution in [3.8, 4) is 0 Å². The molecule has 1 aromatic heterocycles. The molecule has 1 amide bonds. The van der Waals surface area contributed by atoms with Crippen molar-refractivity contribution in [3.63, 3.8) is 0 Å². The van der Waals surface area contributed by atoms with Gasteiger partial charge in [0.15, 0.2) is 0 Å². The van der Waals surface area contributed by atoms with E-state index in [0.29, 0.717) is 4.90 Å². The molecule has 2 aromatic rings. The number of hydrogen-bond donors (Lipinski definition) is 2. The second kappa shape index (κ2) is 9.21. The molecule has 0 spiro atoms. The van der Waals surface area contributed by atoms with Crippen LogP contribution in [0.3, 0.4) is 0 Å². The van der Waals surface area contributed by atoms with Gasteiger partial charge in [-0.25, -0.2) is 4.98 Å². The van der Waals surface area contributed by atoms with E-state index in [2.05, 4.69) is 15.6 Å². The maximum absolute atomic E-state index is 12.8. The van der Waals surface area contributed by atoms with Gasteiger partial charge in [-0.2, -0.15) is 13.2 Å². The molecule has 1 aromatic carbocycles. The summed E-state index contributed by atoms with van der Waals surface area (Å²) in [4.78, 5) is 26.2. The summed E-state index contributed by atoms with van der Waals surface area (Å²) in [5, 5.41) is 15.7. The van der Waals surface area contributed by atoms with Gasteiger partial charge in [-0.15, -0.1) is 11.8 Å². The van der Waals surface area contributed by atoms with Crippen LogP contribution in [0.4, 0.5) is 24.7 Å². The fraction of sp³-hybridized carbons (Fsp3) is 0.250. The van der Waals surface area contributed by atoms with E-state index in [9.17, 15) is 28.1 Å². The molecule has 11 heteroatoms. The lowest BCUT2D eigenvalue weighted by atomic mass is 10.2. The number of halogens is 3. The average molecular weight is 400 g/mol. The lowest BCUT2D eigenvalue weighted by Gasteiger charge is -2.13. The molecule has 0 aliphatic rings. The zero-order valence-corrected chi connectivity index (χ0v) is 14.6. The summed E-state index contributed by atoms with van der Waals surface area (Å²) in [6.45, 7) is 0.196. The van der Waals surface area contributed by atoms with Crippen LogP contribution in [0.1, 0.15) is 5.56 Å². The van der Waals surface area contributed by atoms with Crippen LogP contribution in [0, 0.1) is 10.1 Å². The molecule has 0 atom stereocenters. The molecule has 0 fully saturated rings. The fourth-order valence-electron chi connectivity index (χ4n) is 2.02. The van der Waals surface area contributed by atoms with Gasteiger partial charge in [-0.1, -0.05) is 0 Å². The number of nitro benzene ring substituents is 1. The number of alkyl halides is 3. The van der Waals surface area contributed by atoms with Crippen molar-refractivity contribution in [1.82, 2.24) is 10.3 Å². The van der Waals surface area contributed by atoms with Crippen LogP contribution in [0.2, 0.25) is 0 Å². The molecule has 0 bridgehead atoms. The van der Waals surface area contributed by atoms with Gasteiger partial charge >= 0.3 is 6.18 Å². The van der Waals surface area contributed by atoms with Crippen LogP contribution in [0.25, 0.3) is 0 Å². The van der Waals surface area contributed by atoms with Crippen molar-refractivity contribution < 1.29 is 22.9 Å². The number of aromatic nitrogens is 1. The smallest absolute Gasteiger partial charge is 0.368 e. The molecule has 144 valence electrons. The Hall–Kier alpha value is -2.82. The van der Waals surface area contributed by atoms with E-state index < -0.39 is 16.7 Å². The standard InChI is InChI=1S/C16H15F3N4O3S/c17-16(18,19)13-2-1-7-21-15(13)22-9-8-20-14(24)10-27-12-5-3-11(4-6-12)23(25)26/h1-7H,8-10H2,(H,20,24)(H,21,22). The molecule has 0 radical (unpaired) electrons. The number of non-ortho nitro benzene ring substituents is 1. The summed E-state index contributed by atoms with van der Waals surface area (Å²) < 4.78 is 38.5. The van der Waals surface area contributed by atoms with Crippen molar-refractivity contribution in [2.45, 2.75) is 11.1 Å². The Kier molecular flexibility index (Phi) is 6.99. The van der Waals surface area contributed by atoms with Gasteiger partial charge in [0.25, 0.3) is 5.69 Å². The third-order valence-electron chi connectivity index (χ3n) is 3.27. The van der Waals surface area contributed by atoms with E-state index in [4.69, 9.17) is 0 Å². The third-order valence-corrected chi connectivity index (χ3v) is 4.28. The van der Waals surface area contributed by atoms with Gasteiger partial charge in [0.05, 0.1) is 16.2 Å². The number of nitrogens with zero attached hydrogens (tertiary/aromatic N) is 2. The highest BCUT2D eigenvalue weighted by Gasteiger charge is 2.33. The van der Waals surface area contributed by atoms with E-state index in [1.54, 1.807) is 0 Å². The Morgan fingerprint density at radius 3 is 2.52 bits per heavy atom. The maximum Gasteiger partial charge on any atom is 0.419 e. The minimum absolute atomic E-state index is 0.0392. The monoisotopic (exact) mass is 400 g/mol. The van der Waals surface area contributed by atoms with Crippen LogP contribution in [0.15, 0.2) is 47.5 Å². The summed E-state index contributed by atoms with van der Waals surface area (Å²) in [5.74, 6) is -0.522. The Balaban J connectivity index is 1.73. The average Bonchev–Trinajstić information content (AvgIpc) is 2.63. The zero-order valence-electron chi connectivity index (χ0n) is 13.8. The summed E-state index contributed by atoms with van der Waals surface area (Å²) in [6, 6.07) is 7.89. The van der Waals surface area contributed by atoms with Gasteiger partial charge in [0.2, 0.25) is 5.91 Å². The van der Waals surface area contributed by atoms with Gasteiger partial charge in [-0.3, -0.25) is 14.9 Å². The number of carbonyl (C=O) groups is 1. The summed E-state index contributed by atoms with van der Waals surface area (Å²) >= 11 is 1.19. The summed E-state index contributed by atoms with van der Waals surface area (Å²) in [5.41, 5.74) is -0.910. The number of anilines is 1. The number of carbonyl (C=O) groups excluding carboxylic acids is 1. The lowest BCUT2D eigenvalue weighted by Crippen LogP contribution is -2.30. The Bertz CT molecular complexity index is 800. The number of amides is 1. The topological polar surface area (TPSA) is 97.2 Å². The van der Waals surface area contributed by atoms with E-state index in [1.807, 2.05) is 0 Å². The minimum Gasteiger partial charge on any atom is -0.368 e. The lowest BCUT2D eigenvalue weighted by molar-refractivity contribution is -0.384. The van der Waals surface area contributed by atoms with Gasteiger partial charge < -0.3 is 10.6 Å². The van der Waals surface area contributed by atoms with E-state index in [-0.39, 0.29) is 36.3 Å². The van der Waals surface area contributed by atoms with Crippen molar-refractivity contribution >= 4 is 29.2 Å². The van der Waals surface area contributed by atoms with E-state index in [0.717, 1.165) is 6.07 Å². The molecule has 0 saturated carbocycles. The molecular formula is C16H15F3N4O3S. The predicted molar refractivity (Wildman–Crippen MR) is 94.6 cm³/mol. The van der Waals surface area contributed by atoms with Crippen LogP contribution in [-0.4, -0.2) is 34.7 Å². The number of pyridine rings is 1. The number of thioether (sulfide) groups is 1. The van der Waals surface area contributed by atoms with Crippen molar-refractivity contribution in [1.29, 1.82) is 0 Å². The second-order valence-electron chi connectivity index (χ2n) is 5.21. The second-order valence-corrected chi connectivity index (χ2v) is 6.26. The Labute approximate surface area is 156 Å². The summed E-state index contributed by atoms with van der Waals surface area (Å²) in [6.07, 6.45) is -3.27. The first-order chi connectivity index (χ1) is 12.8.